The van der Waals surface area contributed by atoms with E-state index in [0.29, 0.717) is 11.7 Å². The minimum absolute atomic E-state index is 0.485. The van der Waals surface area contributed by atoms with Gasteiger partial charge in [0, 0.05) is 12.7 Å². The van der Waals surface area contributed by atoms with Gasteiger partial charge in [0.1, 0.15) is 6.10 Å². The fourth-order valence-corrected chi connectivity index (χ4v) is 1.77. The van der Waals surface area contributed by atoms with Crippen molar-refractivity contribution < 1.29 is 5.11 Å². The van der Waals surface area contributed by atoms with Crippen LogP contribution in [0, 0.1) is 0 Å². The molecular formula is C9H17N3OS. The van der Waals surface area contributed by atoms with Crippen molar-refractivity contribution in [2.24, 2.45) is 0 Å². The second-order valence-electron chi connectivity index (χ2n) is 3.17. The molecule has 0 fully saturated rings. The Morgan fingerprint density at radius 3 is 3.07 bits per heavy atom. The lowest BCUT2D eigenvalue weighted by atomic mass is 10.3. The van der Waals surface area contributed by atoms with E-state index in [0.717, 1.165) is 24.3 Å². The lowest BCUT2D eigenvalue weighted by molar-refractivity contribution is 0.178. The molecule has 1 atom stereocenters. The Labute approximate surface area is 88.2 Å². The Hall–Kier alpha value is -0.650. The molecule has 14 heavy (non-hydrogen) atoms. The number of anilines is 1. The van der Waals surface area contributed by atoms with Crippen LogP contribution in [0.25, 0.3) is 0 Å². The lowest BCUT2D eigenvalue weighted by Crippen LogP contribution is -2.21. The minimum atomic E-state index is -0.485. The summed E-state index contributed by atoms with van der Waals surface area (Å²) in [4.78, 5) is 4.72. The lowest BCUT2D eigenvalue weighted by Gasteiger charge is -2.08. The van der Waals surface area contributed by atoms with Crippen molar-refractivity contribution in [3.05, 3.63) is 11.1 Å². The molecule has 1 aromatic heterocycles. The quantitative estimate of drug-likeness (QED) is 0.622. The van der Waals surface area contributed by atoms with E-state index in [2.05, 4.69) is 17.2 Å². The number of hydrogen-bond donors (Lipinski definition) is 3. The standard InChI is InChI=1S/C9H17N3OS/c1-2-3-4-11-5-7(13)8-6-12-9(10)14-8/h6-7,11,13H,2-5H2,1H3,(H2,10,12)/t7-/m0/s1. The summed E-state index contributed by atoms with van der Waals surface area (Å²) in [5.74, 6) is 0. The first kappa shape index (κ1) is 11.4. The smallest absolute Gasteiger partial charge is 0.180 e. The van der Waals surface area contributed by atoms with Crippen molar-refractivity contribution in [2.75, 3.05) is 18.8 Å². The third-order valence-electron chi connectivity index (χ3n) is 1.91. The molecule has 5 heteroatoms. The number of nitrogen functional groups attached to an aromatic ring is 1. The molecule has 4 nitrogen and oxygen atoms in total. The molecule has 0 aliphatic carbocycles. The molecule has 1 aromatic rings. The van der Waals surface area contributed by atoms with E-state index in [1.807, 2.05) is 0 Å². The average Bonchev–Trinajstić information content (AvgIpc) is 2.59. The van der Waals surface area contributed by atoms with Crippen LogP contribution < -0.4 is 11.1 Å². The van der Waals surface area contributed by atoms with Crippen molar-refractivity contribution in [3.8, 4) is 0 Å². The van der Waals surface area contributed by atoms with E-state index in [4.69, 9.17) is 5.73 Å². The van der Waals surface area contributed by atoms with Gasteiger partial charge in [0.15, 0.2) is 5.13 Å². The minimum Gasteiger partial charge on any atom is -0.386 e. The summed E-state index contributed by atoms with van der Waals surface area (Å²) in [5, 5.41) is 13.4. The molecule has 1 rings (SSSR count). The van der Waals surface area contributed by atoms with Gasteiger partial charge in [-0.1, -0.05) is 24.7 Å². The molecule has 80 valence electrons. The van der Waals surface area contributed by atoms with Crippen molar-refractivity contribution in [1.29, 1.82) is 0 Å². The molecule has 0 amide bonds. The third kappa shape index (κ3) is 3.61. The Bertz CT molecular complexity index is 264. The van der Waals surface area contributed by atoms with E-state index < -0.39 is 6.10 Å². The Morgan fingerprint density at radius 2 is 2.50 bits per heavy atom. The van der Waals surface area contributed by atoms with E-state index in [1.54, 1.807) is 6.20 Å². The van der Waals surface area contributed by atoms with E-state index in [-0.39, 0.29) is 0 Å². The number of unbranched alkanes of at least 4 members (excludes halogenated alkanes) is 1. The summed E-state index contributed by atoms with van der Waals surface area (Å²) in [5.41, 5.74) is 5.47. The van der Waals surface area contributed by atoms with E-state index in [1.165, 1.54) is 11.3 Å². The molecule has 0 unspecified atom stereocenters. The summed E-state index contributed by atoms with van der Waals surface area (Å²) in [6.45, 7) is 3.66. The third-order valence-corrected chi connectivity index (χ3v) is 2.84. The summed E-state index contributed by atoms with van der Waals surface area (Å²) >= 11 is 1.34. The number of rotatable bonds is 6. The van der Waals surface area contributed by atoms with Gasteiger partial charge in [0.05, 0.1) is 4.88 Å². The first-order chi connectivity index (χ1) is 6.74. The second kappa shape index (κ2) is 5.95. The number of aromatic nitrogens is 1. The molecule has 0 radical (unpaired) electrons. The van der Waals surface area contributed by atoms with Crippen molar-refractivity contribution in [1.82, 2.24) is 10.3 Å². The predicted octanol–water partition coefficient (Wildman–Crippen LogP) is 1.15. The number of nitrogens with two attached hydrogens (primary N) is 1. The topological polar surface area (TPSA) is 71.2 Å². The number of hydrogen-bond acceptors (Lipinski definition) is 5. The van der Waals surface area contributed by atoms with Gasteiger partial charge < -0.3 is 16.2 Å². The molecule has 0 bridgehead atoms. The predicted molar refractivity (Wildman–Crippen MR) is 59.3 cm³/mol. The molecule has 0 aliphatic heterocycles. The maximum absolute atomic E-state index is 9.69. The Balaban J connectivity index is 2.25. The fourth-order valence-electron chi connectivity index (χ4n) is 1.10. The number of aliphatic hydroxyl groups excluding tert-OH is 1. The first-order valence-electron chi connectivity index (χ1n) is 4.84. The second-order valence-corrected chi connectivity index (χ2v) is 4.27. The largest absolute Gasteiger partial charge is 0.386 e. The highest BCUT2D eigenvalue weighted by molar-refractivity contribution is 7.15. The number of aliphatic hydroxyl groups is 1. The van der Waals surface area contributed by atoms with Crippen LogP contribution >= 0.6 is 11.3 Å². The first-order valence-corrected chi connectivity index (χ1v) is 5.65. The molecular weight excluding hydrogens is 198 g/mol. The molecule has 0 aliphatic rings. The van der Waals surface area contributed by atoms with Gasteiger partial charge in [-0.3, -0.25) is 0 Å². The number of nitrogens with one attached hydrogen (secondary N) is 1. The monoisotopic (exact) mass is 215 g/mol. The van der Waals surface area contributed by atoms with Crippen LogP contribution in [0.1, 0.15) is 30.7 Å². The van der Waals surface area contributed by atoms with E-state index in [9.17, 15) is 5.11 Å². The zero-order valence-corrected chi connectivity index (χ0v) is 9.18. The van der Waals surface area contributed by atoms with Crippen LogP contribution in [0.5, 0.6) is 0 Å². The van der Waals surface area contributed by atoms with Crippen LogP contribution in [-0.4, -0.2) is 23.2 Å². The molecule has 4 N–H and O–H groups in total. The summed E-state index contributed by atoms with van der Waals surface area (Å²) in [7, 11) is 0. The van der Waals surface area contributed by atoms with Gasteiger partial charge >= 0.3 is 0 Å². The van der Waals surface area contributed by atoms with Crippen LogP contribution in [0.4, 0.5) is 5.13 Å². The molecule has 0 spiro atoms. The van der Waals surface area contributed by atoms with Gasteiger partial charge in [-0.25, -0.2) is 4.98 Å². The van der Waals surface area contributed by atoms with Crippen LogP contribution in [0.15, 0.2) is 6.20 Å². The van der Waals surface area contributed by atoms with Gasteiger partial charge in [-0.05, 0) is 13.0 Å². The summed E-state index contributed by atoms with van der Waals surface area (Å²) in [6.07, 6.45) is 3.45. The van der Waals surface area contributed by atoms with Gasteiger partial charge in [-0.2, -0.15) is 0 Å². The summed E-state index contributed by atoms with van der Waals surface area (Å²) in [6, 6.07) is 0. The molecule has 0 aromatic carbocycles. The summed E-state index contributed by atoms with van der Waals surface area (Å²) < 4.78 is 0. The van der Waals surface area contributed by atoms with E-state index >= 15 is 0 Å². The Morgan fingerprint density at radius 1 is 1.71 bits per heavy atom. The van der Waals surface area contributed by atoms with Crippen molar-refractivity contribution >= 4 is 16.5 Å². The fraction of sp³-hybridized carbons (Fsp3) is 0.667. The maximum atomic E-state index is 9.69. The SMILES string of the molecule is CCCCNC[C@H](O)c1cnc(N)s1. The van der Waals surface area contributed by atoms with Gasteiger partial charge in [-0.15, -0.1) is 0 Å². The highest BCUT2D eigenvalue weighted by atomic mass is 32.1. The zero-order valence-electron chi connectivity index (χ0n) is 8.36. The molecule has 0 saturated carbocycles. The zero-order chi connectivity index (χ0) is 10.4. The molecule has 0 saturated heterocycles. The highest BCUT2D eigenvalue weighted by Crippen LogP contribution is 2.21. The van der Waals surface area contributed by atoms with Crippen LogP contribution in [-0.2, 0) is 0 Å². The number of nitrogens with zero attached hydrogens (tertiary/aromatic N) is 1. The van der Waals surface area contributed by atoms with Crippen molar-refractivity contribution in [2.45, 2.75) is 25.9 Å². The van der Waals surface area contributed by atoms with Crippen LogP contribution in [0.3, 0.4) is 0 Å². The maximum Gasteiger partial charge on any atom is 0.180 e. The Kier molecular flexibility index (Phi) is 4.86. The van der Waals surface area contributed by atoms with Gasteiger partial charge in [0.25, 0.3) is 0 Å². The normalized spacial score (nSPS) is 13.0. The molecule has 1 heterocycles. The average molecular weight is 215 g/mol. The highest BCUT2D eigenvalue weighted by Gasteiger charge is 2.09. The van der Waals surface area contributed by atoms with Crippen molar-refractivity contribution in [3.63, 3.8) is 0 Å². The number of thiazole rings is 1. The van der Waals surface area contributed by atoms with Gasteiger partial charge in [0.2, 0.25) is 0 Å². The van der Waals surface area contributed by atoms with Crippen LogP contribution in [0.2, 0.25) is 0 Å².